The minimum Gasteiger partial charge on any atom is -0.469 e. The maximum Gasteiger partial charge on any atom is 0.309 e. The van der Waals surface area contributed by atoms with Crippen LogP contribution in [0.25, 0.3) is 0 Å². The van der Waals surface area contributed by atoms with Crippen LogP contribution in [0.4, 0.5) is 0 Å². The number of piperidine rings is 1. The lowest BCUT2D eigenvalue weighted by Gasteiger charge is -2.35. The molecular formula is C15H18ClN3O4. The summed E-state index contributed by atoms with van der Waals surface area (Å²) in [6, 6.07) is 1.33. The van der Waals surface area contributed by atoms with Crippen molar-refractivity contribution >= 4 is 29.4 Å². The van der Waals surface area contributed by atoms with Crippen LogP contribution < -0.4 is 5.73 Å². The van der Waals surface area contributed by atoms with Gasteiger partial charge in [0.2, 0.25) is 5.91 Å². The van der Waals surface area contributed by atoms with Crippen molar-refractivity contribution in [3.8, 4) is 0 Å². The zero-order valence-electron chi connectivity index (χ0n) is 12.9. The molecule has 124 valence electrons. The summed E-state index contributed by atoms with van der Waals surface area (Å²) in [5.41, 5.74) is 5.36. The van der Waals surface area contributed by atoms with Crippen LogP contribution in [-0.4, -0.2) is 47.9 Å². The van der Waals surface area contributed by atoms with Gasteiger partial charge >= 0.3 is 5.97 Å². The van der Waals surface area contributed by atoms with E-state index in [-0.39, 0.29) is 40.0 Å². The van der Waals surface area contributed by atoms with Crippen molar-refractivity contribution in [2.45, 2.75) is 13.3 Å². The van der Waals surface area contributed by atoms with Gasteiger partial charge in [-0.05, 0) is 18.4 Å². The van der Waals surface area contributed by atoms with Crippen LogP contribution in [0.5, 0.6) is 0 Å². The lowest BCUT2D eigenvalue weighted by Crippen LogP contribution is -2.45. The number of primary amides is 1. The molecule has 8 heteroatoms. The van der Waals surface area contributed by atoms with Gasteiger partial charge in [0.1, 0.15) is 5.69 Å². The predicted octanol–water partition coefficient (Wildman–Crippen LogP) is 1.11. The van der Waals surface area contributed by atoms with E-state index in [2.05, 4.69) is 4.98 Å². The molecule has 2 amide bonds. The first kappa shape index (κ1) is 17.2. The van der Waals surface area contributed by atoms with Crippen LogP contribution >= 0.6 is 11.6 Å². The first-order valence-corrected chi connectivity index (χ1v) is 7.55. The monoisotopic (exact) mass is 339 g/mol. The number of carbonyl (C=O) groups excluding carboxylic acids is 3. The van der Waals surface area contributed by atoms with Gasteiger partial charge in [0.25, 0.3) is 5.91 Å². The minimum atomic E-state index is -0.661. The fraction of sp³-hybridized carbons (Fsp3) is 0.467. The zero-order chi connectivity index (χ0) is 17.1. The fourth-order valence-electron chi connectivity index (χ4n) is 2.71. The molecule has 23 heavy (non-hydrogen) atoms. The number of nitrogens with zero attached hydrogens (tertiary/aromatic N) is 2. The van der Waals surface area contributed by atoms with E-state index >= 15 is 0 Å². The number of hydrogen-bond donors (Lipinski definition) is 1. The topological polar surface area (TPSA) is 103 Å². The molecule has 0 aromatic carbocycles. The van der Waals surface area contributed by atoms with E-state index < -0.39 is 5.91 Å². The molecule has 7 nitrogen and oxygen atoms in total. The van der Waals surface area contributed by atoms with E-state index in [0.717, 1.165) is 0 Å². The van der Waals surface area contributed by atoms with E-state index in [0.29, 0.717) is 19.5 Å². The summed E-state index contributed by atoms with van der Waals surface area (Å²) in [4.78, 5) is 40.9. The van der Waals surface area contributed by atoms with Crippen molar-refractivity contribution in [1.29, 1.82) is 0 Å². The van der Waals surface area contributed by atoms with Gasteiger partial charge in [-0.3, -0.25) is 14.4 Å². The number of pyridine rings is 1. The SMILES string of the molecule is COC(=O)[C@@H]1CCN(C(=O)c2ncc(C(N)=O)cc2Cl)C[C@@H]1C. The average molecular weight is 340 g/mol. The average Bonchev–Trinajstić information content (AvgIpc) is 2.53. The lowest BCUT2D eigenvalue weighted by atomic mass is 9.87. The Morgan fingerprint density at radius 2 is 2.13 bits per heavy atom. The molecular weight excluding hydrogens is 322 g/mol. The molecule has 0 bridgehead atoms. The Labute approximate surface area is 138 Å². The Balaban J connectivity index is 2.13. The first-order valence-electron chi connectivity index (χ1n) is 7.17. The molecule has 2 rings (SSSR count). The Bertz CT molecular complexity index is 650. The number of rotatable bonds is 3. The summed E-state index contributed by atoms with van der Waals surface area (Å²) in [7, 11) is 1.36. The van der Waals surface area contributed by atoms with E-state index in [1.165, 1.54) is 19.4 Å². The van der Waals surface area contributed by atoms with Crippen LogP contribution in [0.15, 0.2) is 12.3 Å². The molecule has 2 atom stereocenters. The number of halogens is 1. The third kappa shape index (κ3) is 3.61. The second-order valence-electron chi connectivity index (χ2n) is 5.57. The van der Waals surface area contributed by atoms with Crippen molar-refractivity contribution in [1.82, 2.24) is 9.88 Å². The number of methoxy groups -OCH3 is 1. The molecule has 1 saturated heterocycles. The van der Waals surface area contributed by atoms with Gasteiger partial charge in [0.05, 0.1) is 23.6 Å². The molecule has 1 aliphatic rings. The summed E-state index contributed by atoms with van der Waals surface area (Å²) in [6.07, 6.45) is 1.75. The standard InChI is InChI=1S/C15H18ClN3O4/c1-8-7-19(4-3-10(8)15(22)23-2)14(21)12-11(16)5-9(6-18-12)13(17)20/h5-6,8,10H,3-4,7H2,1-2H3,(H2,17,20)/t8-,10+/m0/s1. The van der Waals surface area contributed by atoms with Gasteiger partial charge in [-0.1, -0.05) is 18.5 Å². The van der Waals surface area contributed by atoms with Crippen LogP contribution in [-0.2, 0) is 9.53 Å². The highest BCUT2D eigenvalue weighted by molar-refractivity contribution is 6.33. The Kier molecular flexibility index (Phi) is 5.20. The highest BCUT2D eigenvalue weighted by Crippen LogP contribution is 2.26. The molecule has 1 aliphatic heterocycles. The largest absolute Gasteiger partial charge is 0.469 e. The lowest BCUT2D eigenvalue weighted by molar-refractivity contribution is -0.148. The number of hydrogen-bond acceptors (Lipinski definition) is 5. The summed E-state index contributed by atoms with van der Waals surface area (Å²) in [5, 5.41) is 0.0778. The molecule has 1 aromatic rings. The van der Waals surface area contributed by atoms with Crippen LogP contribution in [0, 0.1) is 11.8 Å². The number of nitrogens with two attached hydrogens (primary N) is 1. The van der Waals surface area contributed by atoms with Gasteiger partial charge in [0, 0.05) is 19.3 Å². The number of aromatic nitrogens is 1. The van der Waals surface area contributed by atoms with Crippen LogP contribution in [0.3, 0.4) is 0 Å². The zero-order valence-corrected chi connectivity index (χ0v) is 13.7. The molecule has 0 aliphatic carbocycles. The normalized spacial score (nSPS) is 20.9. The number of esters is 1. The molecule has 1 fully saturated rings. The molecule has 0 spiro atoms. The van der Waals surface area contributed by atoms with E-state index in [9.17, 15) is 14.4 Å². The van der Waals surface area contributed by atoms with E-state index in [4.69, 9.17) is 22.1 Å². The molecule has 2 N–H and O–H groups in total. The van der Waals surface area contributed by atoms with Gasteiger partial charge in [0.15, 0.2) is 0 Å². The summed E-state index contributed by atoms with van der Waals surface area (Å²) in [5.74, 6) is -1.49. The van der Waals surface area contributed by atoms with Gasteiger partial charge in [-0.2, -0.15) is 0 Å². The second kappa shape index (κ2) is 6.95. The van der Waals surface area contributed by atoms with Crippen molar-refractivity contribution in [3.63, 3.8) is 0 Å². The van der Waals surface area contributed by atoms with Crippen molar-refractivity contribution in [2.24, 2.45) is 17.6 Å². The Hall–Kier alpha value is -2.15. The number of amides is 2. The Morgan fingerprint density at radius 3 is 2.65 bits per heavy atom. The van der Waals surface area contributed by atoms with Crippen molar-refractivity contribution in [2.75, 3.05) is 20.2 Å². The van der Waals surface area contributed by atoms with E-state index in [1.807, 2.05) is 6.92 Å². The summed E-state index contributed by atoms with van der Waals surface area (Å²) < 4.78 is 4.78. The minimum absolute atomic E-state index is 0.0242. The molecule has 0 radical (unpaired) electrons. The van der Waals surface area contributed by atoms with Gasteiger partial charge < -0.3 is 15.4 Å². The summed E-state index contributed by atoms with van der Waals surface area (Å²) >= 11 is 6.03. The van der Waals surface area contributed by atoms with Gasteiger partial charge in [-0.15, -0.1) is 0 Å². The quantitative estimate of drug-likeness (QED) is 0.831. The maximum atomic E-state index is 12.5. The smallest absolute Gasteiger partial charge is 0.309 e. The van der Waals surface area contributed by atoms with Crippen LogP contribution in [0.2, 0.25) is 5.02 Å². The molecule has 2 heterocycles. The second-order valence-corrected chi connectivity index (χ2v) is 5.97. The molecule has 0 saturated carbocycles. The van der Waals surface area contributed by atoms with Gasteiger partial charge in [-0.25, -0.2) is 4.98 Å². The van der Waals surface area contributed by atoms with Crippen molar-refractivity contribution < 1.29 is 19.1 Å². The van der Waals surface area contributed by atoms with Crippen LogP contribution in [0.1, 0.15) is 34.2 Å². The van der Waals surface area contributed by atoms with E-state index in [1.54, 1.807) is 4.90 Å². The highest BCUT2D eigenvalue weighted by atomic mass is 35.5. The third-order valence-electron chi connectivity index (χ3n) is 4.02. The number of likely N-dealkylation sites (tertiary alicyclic amines) is 1. The maximum absolute atomic E-state index is 12.5. The Morgan fingerprint density at radius 1 is 1.43 bits per heavy atom. The molecule has 1 aromatic heterocycles. The molecule has 0 unspecified atom stereocenters. The number of carbonyl (C=O) groups is 3. The summed E-state index contributed by atoms with van der Waals surface area (Å²) in [6.45, 7) is 2.72. The fourth-order valence-corrected chi connectivity index (χ4v) is 2.96. The highest BCUT2D eigenvalue weighted by Gasteiger charge is 2.34. The van der Waals surface area contributed by atoms with Crippen molar-refractivity contribution in [3.05, 3.63) is 28.5 Å². The number of ether oxygens (including phenoxy) is 1. The first-order chi connectivity index (χ1) is 10.8. The third-order valence-corrected chi connectivity index (χ3v) is 4.31. The predicted molar refractivity (Wildman–Crippen MR) is 83.0 cm³/mol.